The molecule has 0 aliphatic carbocycles. The van der Waals surface area contributed by atoms with Crippen molar-refractivity contribution in [3.8, 4) is 0 Å². The fraction of sp³-hybridized carbons (Fsp3) is 0.357. The minimum Gasteiger partial charge on any atom is -0.468 e. The summed E-state index contributed by atoms with van der Waals surface area (Å²) < 4.78 is 74.4. The summed E-state index contributed by atoms with van der Waals surface area (Å²) >= 11 is 0. The molecule has 1 aromatic heterocycles. The van der Waals surface area contributed by atoms with E-state index in [1.54, 1.807) is 32.0 Å². The molecular weight excluding hydrogens is 531 g/mol. The van der Waals surface area contributed by atoms with Gasteiger partial charge in [-0.2, -0.15) is 13.2 Å². The molecule has 4 rings (SSSR count). The van der Waals surface area contributed by atoms with Crippen LogP contribution in [0.2, 0.25) is 0 Å². The van der Waals surface area contributed by atoms with Crippen molar-refractivity contribution in [3.05, 3.63) is 77.0 Å². The van der Waals surface area contributed by atoms with E-state index in [2.05, 4.69) is 10.3 Å². The number of hydrogen-bond acceptors (Lipinski definition) is 6. The van der Waals surface area contributed by atoms with Gasteiger partial charge in [0.15, 0.2) is 0 Å². The van der Waals surface area contributed by atoms with Gasteiger partial charge in [-0.1, -0.05) is 45.0 Å². The highest BCUT2D eigenvalue weighted by Gasteiger charge is 2.37. The number of fused-ring (bicyclic) bond motifs is 2. The molecule has 1 N–H and O–H groups in total. The molecule has 39 heavy (non-hydrogen) atoms. The Morgan fingerprint density at radius 2 is 1.56 bits per heavy atom. The van der Waals surface area contributed by atoms with Crippen molar-refractivity contribution in [2.45, 2.75) is 63.1 Å². The van der Waals surface area contributed by atoms with E-state index in [4.69, 9.17) is 4.74 Å². The highest BCUT2D eigenvalue weighted by Crippen LogP contribution is 2.42. The van der Waals surface area contributed by atoms with Crippen molar-refractivity contribution < 1.29 is 31.1 Å². The average molecular weight is 562 g/mol. The Hall–Kier alpha value is -3.60. The summed E-state index contributed by atoms with van der Waals surface area (Å²) in [5.74, 6) is -0.636. The van der Waals surface area contributed by atoms with Crippen LogP contribution in [0, 0.1) is 0 Å². The van der Waals surface area contributed by atoms with Crippen molar-refractivity contribution >= 4 is 33.2 Å². The van der Waals surface area contributed by atoms with Gasteiger partial charge in [-0.25, -0.2) is 13.4 Å². The van der Waals surface area contributed by atoms with Gasteiger partial charge in [0.2, 0.25) is 0 Å². The topological polar surface area (TPSA) is 88.6 Å². The summed E-state index contributed by atoms with van der Waals surface area (Å²) in [6.45, 7) is 9.03. The Morgan fingerprint density at radius 1 is 0.949 bits per heavy atom. The lowest BCUT2D eigenvalue weighted by atomic mass is 9.84. The first-order chi connectivity index (χ1) is 18.0. The van der Waals surface area contributed by atoms with Gasteiger partial charge in [0.1, 0.15) is 11.5 Å². The molecule has 0 radical (unpaired) electrons. The van der Waals surface area contributed by atoms with E-state index in [1.807, 2.05) is 20.8 Å². The zero-order valence-electron chi connectivity index (χ0n) is 22.5. The minimum atomic E-state index is -4.68. The summed E-state index contributed by atoms with van der Waals surface area (Å²) in [6.07, 6.45) is -4.68. The second-order valence-electron chi connectivity index (χ2n) is 11.0. The molecule has 1 aliphatic heterocycles. The standard InChI is InChI=1S/C28H30F3N3O4S/c1-26(2,3)18-8-11-20(12-9-18)39(36,37)34-16-17-7-14-23(28(29,30)31)33-24(17)32-21-13-10-19(15-22(21)34)27(4,5)25(35)38-6/h7-15H,16H2,1-6H3,(H,32,33). The first kappa shape index (κ1) is 28.4. The molecule has 0 atom stereocenters. The quantitative estimate of drug-likeness (QED) is 0.376. The molecule has 3 aromatic rings. The van der Waals surface area contributed by atoms with Gasteiger partial charge < -0.3 is 10.1 Å². The molecule has 0 spiro atoms. The third kappa shape index (κ3) is 5.32. The van der Waals surface area contributed by atoms with Crippen LogP contribution >= 0.6 is 0 Å². The summed E-state index contributed by atoms with van der Waals surface area (Å²) in [4.78, 5) is 16.3. The highest BCUT2D eigenvalue weighted by molar-refractivity contribution is 7.92. The number of nitrogens with zero attached hydrogens (tertiary/aromatic N) is 2. The lowest BCUT2D eigenvalue weighted by Crippen LogP contribution is -2.32. The second-order valence-corrected chi connectivity index (χ2v) is 12.8. The molecule has 7 nitrogen and oxygen atoms in total. The summed E-state index contributed by atoms with van der Waals surface area (Å²) in [5, 5.41) is 2.89. The van der Waals surface area contributed by atoms with Gasteiger partial charge in [0, 0.05) is 5.56 Å². The largest absolute Gasteiger partial charge is 0.468 e. The lowest BCUT2D eigenvalue weighted by Gasteiger charge is -2.28. The van der Waals surface area contributed by atoms with Gasteiger partial charge in [-0.3, -0.25) is 9.10 Å². The molecule has 0 saturated heterocycles. The molecular formula is C28H30F3N3O4S. The Kier molecular flexibility index (Phi) is 6.95. The van der Waals surface area contributed by atoms with Crippen molar-refractivity contribution in [2.24, 2.45) is 0 Å². The number of benzene rings is 2. The van der Waals surface area contributed by atoms with Crippen LogP contribution in [0.15, 0.2) is 59.5 Å². The van der Waals surface area contributed by atoms with E-state index >= 15 is 0 Å². The molecule has 0 unspecified atom stereocenters. The Bertz CT molecular complexity index is 1530. The average Bonchev–Trinajstić information content (AvgIpc) is 3.03. The first-order valence-corrected chi connectivity index (χ1v) is 13.6. The number of halogens is 3. The molecule has 0 saturated carbocycles. The molecule has 0 bridgehead atoms. The maximum atomic E-state index is 14.1. The van der Waals surface area contributed by atoms with E-state index in [0.29, 0.717) is 5.56 Å². The van der Waals surface area contributed by atoms with Crippen LogP contribution < -0.4 is 9.62 Å². The molecule has 208 valence electrons. The number of ether oxygens (including phenoxy) is 1. The van der Waals surface area contributed by atoms with E-state index in [9.17, 15) is 26.4 Å². The van der Waals surface area contributed by atoms with Gasteiger partial charge in [0.25, 0.3) is 10.0 Å². The summed E-state index contributed by atoms with van der Waals surface area (Å²) in [7, 11) is -2.95. The predicted octanol–water partition coefficient (Wildman–Crippen LogP) is 6.30. The fourth-order valence-corrected chi connectivity index (χ4v) is 5.78. The molecule has 0 fully saturated rings. The normalized spacial score (nSPS) is 14.1. The highest BCUT2D eigenvalue weighted by atomic mass is 32.2. The minimum absolute atomic E-state index is 0.0161. The number of methoxy groups -OCH3 is 1. The number of sulfonamides is 1. The van der Waals surface area contributed by atoms with Gasteiger partial charge in [-0.15, -0.1) is 0 Å². The van der Waals surface area contributed by atoms with Gasteiger partial charge in [0.05, 0.1) is 35.3 Å². The fourth-order valence-electron chi connectivity index (χ4n) is 4.32. The van der Waals surface area contributed by atoms with E-state index in [0.717, 1.165) is 15.9 Å². The van der Waals surface area contributed by atoms with Crippen LogP contribution in [0.25, 0.3) is 0 Å². The second kappa shape index (κ2) is 9.55. The van der Waals surface area contributed by atoms with Crippen LogP contribution in [0.3, 0.4) is 0 Å². The van der Waals surface area contributed by atoms with Crippen molar-refractivity contribution in [1.82, 2.24) is 4.98 Å². The Labute approximate surface area is 226 Å². The number of anilines is 3. The van der Waals surface area contributed by atoms with E-state index in [-0.39, 0.29) is 39.6 Å². The number of aromatic nitrogens is 1. The van der Waals surface area contributed by atoms with Crippen LogP contribution in [0.5, 0.6) is 0 Å². The number of carbonyl (C=O) groups is 1. The summed E-state index contributed by atoms with van der Waals surface area (Å²) in [6, 6.07) is 13.2. The smallest absolute Gasteiger partial charge is 0.433 e. The van der Waals surface area contributed by atoms with Crippen molar-refractivity contribution in [2.75, 3.05) is 16.7 Å². The summed E-state index contributed by atoms with van der Waals surface area (Å²) in [5.41, 5.74) is -0.388. The number of hydrogen-bond donors (Lipinski definition) is 1. The number of esters is 1. The van der Waals surface area contributed by atoms with Crippen molar-refractivity contribution in [1.29, 1.82) is 0 Å². The van der Waals surface area contributed by atoms with Crippen molar-refractivity contribution in [3.63, 3.8) is 0 Å². The SMILES string of the molecule is COC(=O)C(C)(C)c1ccc2c(c1)N(S(=O)(=O)c1ccc(C(C)(C)C)cc1)Cc1ccc(C(F)(F)F)nc1N2. The monoisotopic (exact) mass is 561 g/mol. The molecule has 2 heterocycles. The predicted molar refractivity (Wildman–Crippen MR) is 143 cm³/mol. The number of alkyl halides is 3. The van der Waals surface area contributed by atoms with Crippen LogP contribution in [-0.4, -0.2) is 26.5 Å². The zero-order chi connectivity index (χ0) is 29.0. The third-order valence-electron chi connectivity index (χ3n) is 6.83. The molecule has 2 aromatic carbocycles. The van der Waals surface area contributed by atoms with Crippen LogP contribution in [0.1, 0.15) is 57.0 Å². The lowest BCUT2D eigenvalue weighted by molar-refractivity contribution is -0.146. The first-order valence-electron chi connectivity index (χ1n) is 12.2. The number of nitrogens with one attached hydrogen (secondary N) is 1. The van der Waals surface area contributed by atoms with Gasteiger partial charge in [-0.05, 0) is 60.7 Å². The Morgan fingerprint density at radius 3 is 2.13 bits per heavy atom. The third-order valence-corrected chi connectivity index (χ3v) is 8.60. The zero-order valence-corrected chi connectivity index (χ0v) is 23.3. The maximum Gasteiger partial charge on any atom is 0.433 e. The number of rotatable bonds is 4. The Balaban J connectivity index is 1.91. The number of carbonyl (C=O) groups excluding carboxylic acids is 1. The van der Waals surface area contributed by atoms with Crippen LogP contribution in [-0.2, 0) is 43.1 Å². The molecule has 11 heteroatoms. The molecule has 0 amide bonds. The number of pyridine rings is 1. The van der Waals surface area contributed by atoms with Gasteiger partial charge >= 0.3 is 12.1 Å². The molecule has 1 aliphatic rings. The van der Waals surface area contributed by atoms with Crippen LogP contribution in [0.4, 0.5) is 30.4 Å². The maximum absolute atomic E-state index is 14.1. The van der Waals surface area contributed by atoms with E-state index in [1.165, 1.54) is 37.4 Å². The van der Waals surface area contributed by atoms with E-state index < -0.39 is 33.3 Å².